The Labute approximate surface area is 110 Å². The Morgan fingerprint density at radius 2 is 1.88 bits per heavy atom. The van der Waals surface area contributed by atoms with Crippen LogP contribution < -0.4 is 5.32 Å². The average molecular weight is 304 g/mol. The minimum Gasteiger partial charge on any atom is -0.384 e. The van der Waals surface area contributed by atoms with Gasteiger partial charge in [0.1, 0.15) is 11.4 Å². The highest BCUT2D eigenvalue weighted by atomic mass is 79.9. The van der Waals surface area contributed by atoms with E-state index in [0.717, 1.165) is 0 Å². The third kappa shape index (κ3) is 4.37. The quantitative estimate of drug-likeness (QED) is 0.899. The molecule has 0 amide bonds. The van der Waals surface area contributed by atoms with E-state index in [4.69, 9.17) is 0 Å². The number of hydrogen-bond acceptors (Lipinski definition) is 2. The number of benzene rings is 1. The third-order valence-electron chi connectivity index (χ3n) is 2.47. The van der Waals surface area contributed by atoms with Crippen molar-refractivity contribution in [3.8, 4) is 0 Å². The molecule has 1 aromatic carbocycles. The Morgan fingerprint density at radius 3 is 2.35 bits per heavy atom. The zero-order valence-electron chi connectivity index (χ0n) is 10.6. The van der Waals surface area contributed by atoms with Gasteiger partial charge in [0.05, 0.1) is 0 Å². The van der Waals surface area contributed by atoms with Crippen LogP contribution in [0.15, 0.2) is 22.7 Å². The molecule has 96 valence electrons. The maximum Gasteiger partial charge on any atom is 0.130 e. The fourth-order valence-electron chi connectivity index (χ4n) is 1.46. The zero-order valence-corrected chi connectivity index (χ0v) is 12.2. The maximum atomic E-state index is 13.7. The molecule has 0 radical (unpaired) electrons. The van der Waals surface area contributed by atoms with Crippen molar-refractivity contribution >= 4 is 15.9 Å². The predicted octanol–water partition coefficient (Wildman–Crippen LogP) is 3.18. The standard InChI is InChI=1S/C13H19BrFNO/c1-12(2,3)16-8-13(4,17)10-6-5-9(14)7-11(10)15/h5-7,16-17H,8H2,1-4H3. The molecule has 0 aliphatic carbocycles. The van der Waals surface area contributed by atoms with Gasteiger partial charge in [-0.2, -0.15) is 0 Å². The Bertz CT molecular complexity index is 399. The Balaban J connectivity index is 2.89. The summed E-state index contributed by atoms with van der Waals surface area (Å²) in [5.41, 5.74) is -1.04. The molecule has 0 saturated carbocycles. The van der Waals surface area contributed by atoms with Gasteiger partial charge in [-0.25, -0.2) is 4.39 Å². The lowest BCUT2D eigenvalue weighted by Gasteiger charge is -2.30. The molecule has 0 aliphatic heterocycles. The summed E-state index contributed by atoms with van der Waals surface area (Å²) in [5, 5.41) is 13.5. The van der Waals surface area contributed by atoms with E-state index < -0.39 is 11.4 Å². The van der Waals surface area contributed by atoms with Crippen molar-refractivity contribution < 1.29 is 9.50 Å². The molecule has 0 saturated heterocycles. The Hall–Kier alpha value is -0.450. The second-order valence-electron chi connectivity index (χ2n) is 5.50. The smallest absolute Gasteiger partial charge is 0.130 e. The van der Waals surface area contributed by atoms with Crippen LogP contribution in [0.25, 0.3) is 0 Å². The third-order valence-corrected chi connectivity index (χ3v) is 2.97. The van der Waals surface area contributed by atoms with E-state index in [-0.39, 0.29) is 5.54 Å². The van der Waals surface area contributed by atoms with Crippen molar-refractivity contribution in [2.45, 2.75) is 38.8 Å². The van der Waals surface area contributed by atoms with E-state index >= 15 is 0 Å². The minimum absolute atomic E-state index is 0.115. The number of hydrogen-bond donors (Lipinski definition) is 2. The molecule has 0 aliphatic rings. The first-order valence-corrected chi connectivity index (χ1v) is 6.34. The van der Waals surface area contributed by atoms with Gasteiger partial charge in [-0.05, 0) is 39.8 Å². The fourth-order valence-corrected chi connectivity index (χ4v) is 1.79. The number of β-amino-alcohol motifs (C(OH)–C–C–N with tert-alkyl or cyclic N) is 1. The molecule has 0 heterocycles. The first kappa shape index (κ1) is 14.6. The van der Waals surface area contributed by atoms with Crippen molar-refractivity contribution in [3.05, 3.63) is 34.1 Å². The molecule has 4 heteroatoms. The number of aliphatic hydroxyl groups is 1. The summed E-state index contributed by atoms with van der Waals surface area (Å²) in [6, 6.07) is 4.69. The second-order valence-corrected chi connectivity index (χ2v) is 6.42. The van der Waals surface area contributed by atoms with Crippen LogP contribution in [0.4, 0.5) is 4.39 Å². The van der Waals surface area contributed by atoms with Crippen LogP contribution in [0.1, 0.15) is 33.3 Å². The minimum atomic E-state index is -1.22. The van der Waals surface area contributed by atoms with Gasteiger partial charge in [-0.1, -0.05) is 22.0 Å². The van der Waals surface area contributed by atoms with Crippen LogP contribution in [-0.2, 0) is 5.60 Å². The average Bonchev–Trinajstić information content (AvgIpc) is 2.13. The van der Waals surface area contributed by atoms with E-state index in [1.165, 1.54) is 6.07 Å². The van der Waals surface area contributed by atoms with Crippen molar-refractivity contribution in [3.63, 3.8) is 0 Å². The second kappa shape index (κ2) is 5.04. The molecule has 1 atom stereocenters. The van der Waals surface area contributed by atoms with Gasteiger partial charge < -0.3 is 10.4 Å². The van der Waals surface area contributed by atoms with Crippen molar-refractivity contribution in [2.75, 3.05) is 6.54 Å². The lowest BCUT2D eigenvalue weighted by atomic mass is 9.94. The molecule has 17 heavy (non-hydrogen) atoms. The van der Waals surface area contributed by atoms with E-state index in [1.54, 1.807) is 19.1 Å². The first-order valence-electron chi connectivity index (χ1n) is 5.55. The molecule has 1 rings (SSSR count). The molecule has 0 fully saturated rings. The van der Waals surface area contributed by atoms with E-state index in [9.17, 15) is 9.50 Å². The number of rotatable bonds is 3. The summed E-state index contributed by atoms with van der Waals surface area (Å²) < 4.78 is 14.4. The molecule has 0 bridgehead atoms. The molecule has 2 nitrogen and oxygen atoms in total. The molecule has 0 aromatic heterocycles. The summed E-state index contributed by atoms with van der Waals surface area (Å²) in [5.74, 6) is -0.403. The molecule has 0 spiro atoms. The van der Waals surface area contributed by atoms with Gasteiger partial charge in [0.2, 0.25) is 0 Å². The van der Waals surface area contributed by atoms with Crippen LogP contribution in [0.3, 0.4) is 0 Å². The van der Waals surface area contributed by atoms with Crippen LogP contribution in [0, 0.1) is 5.82 Å². The summed E-state index contributed by atoms with van der Waals surface area (Å²) in [6.07, 6.45) is 0. The largest absolute Gasteiger partial charge is 0.384 e. The van der Waals surface area contributed by atoms with Gasteiger partial charge >= 0.3 is 0 Å². The number of halogens is 2. The molecule has 2 N–H and O–H groups in total. The topological polar surface area (TPSA) is 32.3 Å². The van der Waals surface area contributed by atoms with E-state index in [0.29, 0.717) is 16.6 Å². The highest BCUT2D eigenvalue weighted by molar-refractivity contribution is 9.10. The molecule has 1 aromatic rings. The SMILES string of the molecule is CC(C)(C)NCC(C)(O)c1ccc(Br)cc1F. The van der Waals surface area contributed by atoms with Crippen LogP contribution in [0.2, 0.25) is 0 Å². The molecule has 1 unspecified atom stereocenters. The lowest BCUT2D eigenvalue weighted by Crippen LogP contribution is -2.45. The van der Waals surface area contributed by atoms with E-state index in [1.807, 2.05) is 20.8 Å². The summed E-state index contributed by atoms with van der Waals surface area (Å²) in [7, 11) is 0. The van der Waals surface area contributed by atoms with Crippen molar-refractivity contribution in [1.82, 2.24) is 5.32 Å². The first-order chi connectivity index (χ1) is 7.62. The van der Waals surface area contributed by atoms with Crippen LogP contribution in [-0.4, -0.2) is 17.2 Å². The molecular formula is C13H19BrFNO. The number of nitrogens with one attached hydrogen (secondary N) is 1. The van der Waals surface area contributed by atoms with Gasteiger partial charge in [-0.15, -0.1) is 0 Å². The monoisotopic (exact) mass is 303 g/mol. The summed E-state index contributed by atoms with van der Waals surface area (Å²) in [6.45, 7) is 7.91. The fraction of sp³-hybridized carbons (Fsp3) is 0.538. The van der Waals surface area contributed by atoms with Gasteiger partial charge in [0.15, 0.2) is 0 Å². The molecular weight excluding hydrogens is 285 g/mol. The summed E-state index contributed by atoms with van der Waals surface area (Å²) in [4.78, 5) is 0. The lowest BCUT2D eigenvalue weighted by molar-refractivity contribution is 0.0466. The summed E-state index contributed by atoms with van der Waals surface area (Å²) >= 11 is 3.20. The normalized spacial score (nSPS) is 15.7. The van der Waals surface area contributed by atoms with Crippen molar-refractivity contribution in [2.24, 2.45) is 0 Å². The van der Waals surface area contributed by atoms with E-state index in [2.05, 4.69) is 21.2 Å². The highest BCUT2D eigenvalue weighted by Crippen LogP contribution is 2.25. The van der Waals surface area contributed by atoms with Gasteiger partial charge in [0.25, 0.3) is 0 Å². The highest BCUT2D eigenvalue weighted by Gasteiger charge is 2.28. The maximum absolute atomic E-state index is 13.7. The Kier molecular flexibility index (Phi) is 4.33. The van der Waals surface area contributed by atoms with Gasteiger partial charge in [-0.3, -0.25) is 0 Å². The predicted molar refractivity (Wildman–Crippen MR) is 71.4 cm³/mol. The van der Waals surface area contributed by atoms with Crippen LogP contribution >= 0.6 is 15.9 Å². The zero-order chi connectivity index (χ0) is 13.3. The van der Waals surface area contributed by atoms with Crippen LogP contribution in [0.5, 0.6) is 0 Å². The Morgan fingerprint density at radius 1 is 1.29 bits per heavy atom. The van der Waals surface area contributed by atoms with Gasteiger partial charge in [0, 0.05) is 22.1 Å². The van der Waals surface area contributed by atoms with Crippen molar-refractivity contribution in [1.29, 1.82) is 0 Å².